The van der Waals surface area contributed by atoms with Crippen molar-refractivity contribution in [3.8, 4) is 0 Å². The SMILES string of the molecule is CCOC(=O)C(NC(=O)c1ccc(Cl)cc1Cl)(Nc1ccc(C(F)(F)F)cc1)C(F)(F)F. The Morgan fingerprint density at radius 3 is 2.03 bits per heavy atom. The topological polar surface area (TPSA) is 67.4 Å². The molecule has 0 aromatic heterocycles. The highest BCUT2D eigenvalue weighted by atomic mass is 35.5. The zero-order valence-electron chi connectivity index (χ0n) is 16.0. The molecule has 0 heterocycles. The van der Waals surface area contributed by atoms with E-state index in [9.17, 15) is 35.9 Å². The van der Waals surface area contributed by atoms with E-state index in [0.717, 1.165) is 12.1 Å². The highest BCUT2D eigenvalue weighted by molar-refractivity contribution is 6.36. The molecule has 0 aliphatic rings. The van der Waals surface area contributed by atoms with Crippen LogP contribution in [-0.2, 0) is 15.7 Å². The number of ether oxygens (including phenoxy) is 1. The summed E-state index contributed by atoms with van der Waals surface area (Å²) in [7, 11) is 0. The van der Waals surface area contributed by atoms with E-state index in [0.29, 0.717) is 24.3 Å². The number of rotatable bonds is 6. The van der Waals surface area contributed by atoms with Gasteiger partial charge in [-0.15, -0.1) is 0 Å². The molecule has 0 bridgehead atoms. The van der Waals surface area contributed by atoms with E-state index in [1.165, 1.54) is 18.3 Å². The van der Waals surface area contributed by atoms with Gasteiger partial charge in [-0.05, 0) is 49.4 Å². The molecule has 0 saturated heterocycles. The van der Waals surface area contributed by atoms with E-state index in [1.54, 1.807) is 5.32 Å². The molecule has 0 radical (unpaired) electrons. The molecular weight excluding hydrogens is 489 g/mol. The van der Waals surface area contributed by atoms with Gasteiger partial charge in [0, 0.05) is 10.7 Å². The summed E-state index contributed by atoms with van der Waals surface area (Å²) in [5, 5.41) is 3.08. The Balaban J connectivity index is 2.53. The molecule has 2 aromatic rings. The van der Waals surface area contributed by atoms with E-state index in [-0.39, 0.29) is 10.0 Å². The maximum Gasteiger partial charge on any atom is 0.441 e. The third-order valence-corrected chi connectivity index (χ3v) is 4.58. The molecule has 0 aliphatic heterocycles. The fourth-order valence-corrected chi connectivity index (χ4v) is 2.99. The first-order valence-electron chi connectivity index (χ1n) is 8.68. The predicted octanol–water partition coefficient (Wildman–Crippen LogP) is 5.68. The van der Waals surface area contributed by atoms with Gasteiger partial charge in [0.25, 0.3) is 5.91 Å². The van der Waals surface area contributed by atoms with Crippen LogP contribution in [0.25, 0.3) is 0 Å². The lowest BCUT2D eigenvalue weighted by molar-refractivity contribution is -0.204. The standard InChI is InChI=1S/C19H14Cl2F6N2O3/c1-2-32-16(31)17(19(25,26)27,28-12-6-3-10(4-7-12)18(22,23)24)29-15(30)13-8-5-11(20)9-14(13)21/h3-9,28H,2H2,1H3,(H,29,30). The number of carbonyl (C=O) groups excluding carboxylic acids is 2. The lowest BCUT2D eigenvalue weighted by atomic mass is 10.1. The second-order valence-electron chi connectivity index (χ2n) is 6.25. The molecule has 0 fully saturated rings. The van der Waals surface area contributed by atoms with Crippen LogP contribution in [0.4, 0.5) is 32.0 Å². The molecule has 13 heteroatoms. The normalized spacial score (nSPS) is 13.8. The van der Waals surface area contributed by atoms with E-state index >= 15 is 0 Å². The Labute approximate surface area is 187 Å². The van der Waals surface area contributed by atoms with Gasteiger partial charge >= 0.3 is 24.0 Å². The minimum atomic E-state index is -5.49. The fraction of sp³-hybridized carbons (Fsp3) is 0.263. The number of hydrogen-bond donors (Lipinski definition) is 2. The van der Waals surface area contributed by atoms with Crippen molar-refractivity contribution in [2.45, 2.75) is 24.9 Å². The second-order valence-corrected chi connectivity index (χ2v) is 7.09. The molecule has 0 aliphatic carbocycles. The molecule has 174 valence electrons. The van der Waals surface area contributed by atoms with Crippen molar-refractivity contribution in [3.05, 3.63) is 63.6 Å². The van der Waals surface area contributed by atoms with Crippen molar-refractivity contribution in [2.75, 3.05) is 11.9 Å². The molecule has 5 nitrogen and oxygen atoms in total. The lowest BCUT2D eigenvalue weighted by Crippen LogP contribution is -2.69. The van der Waals surface area contributed by atoms with Crippen LogP contribution >= 0.6 is 23.2 Å². The van der Waals surface area contributed by atoms with Crippen molar-refractivity contribution < 1.29 is 40.7 Å². The Hall–Kier alpha value is -2.66. The summed E-state index contributed by atoms with van der Waals surface area (Å²) < 4.78 is 85.1. The van der Waals surface area contributed by atoms with Gasteiger partial charge < -0.3 is 15.4 Å². The van der Waals surface area contributed by atoms with Crippen LogP contribution in [0.2, 0.25) is 10.0 Å². The first-order chi connectivity index (χ1) is 14.7. The number of amides is 1. The summed E-state index contributed by atoms with van der Waals surface area (Å²) in [6, 6.07) is 5.67. The first-order valence-corrected chi connectivity index (χ1v) is 9.44. The zero-order chi connectivity index (χ0) is 24.3. The van der Waals surface area contributed by atoms with E-state index in [4.69, 9.17) is 23.2 Å². The highest BCUT2D eigenvalue weighted by Gasteiger charge is 2.63. The van der Waals surface area contributed by atoms with Gasteiger partial charge in [-0.3, -0.25) is 4.79 Å². The Morgan fingerprint density at radius 2 is 1.56 bits per heavy atom. The van der Waals surface area contributed by atoms with E-state index < -0.39 is 53.3 Å². The largest absolute Gasteiger partial charge is 0.463 e. The minimum Gasteiger partial charge on any atom is -0.463 e. The number of carbonyl (C=O) groups is 2. The molecule has 0 saturated carbocycles. The van der Waals surface area contributed by atoms with Gasteiger partial charge in [-0.2, -0.15) is 26.3 Å². The molecule has 32 heavy (non-hydrogen) atoms. The summed E-state index contributed by atoms with van der Waals surface area (Å²) in [5.74, 6) is -3.36. The summed E-state index contributed by atoms with van der Waals surface area (Å²) in [6.07, 6.45) is -10.2. The zero-order valence-corrected chi connectivity index (χ0v) is 17.5. The number of benzene rings is 2. The van der Waals surface area contributed by atoms with Crippen molar-refractivity contribution in [1.82, 2.24) is 5.32 Å². The van der Waals surface area contributed by atoms with Gasteiger partial charge in [0.1, 0.15) is 0 Å². The third-order valence-electron chi connectivity index (χ3n) is 4.03. The Morgan fingerprint density at radius 1 is 0.969 bits per heavy atom. The van der Waals surface area contributed by atoms with Crippen molar-refractivity contribution >= 4 is 40.8 Å². The average molecular weight is 503 g/mol. The molecule has 2 N–H and O–H groups in total. The summed E-state index contributed by atoms with van der Waals surface area (Å²) in [5.41, 5.74) is -5.97. The van der Waals surface area contributed by atoms with Crippen LogP contribution in [-0.4, -0.2) is 30.3 Å². The van der Waals surface area contributed by atoms with E-state index in [1.807, 2.05) is 0 Å². The third kappa shape index (κ3) is 5.57. The Bertz CT molecular complexity index is 996. The fourth-order valence-electron chi connectivity index (χ4n) is 2.50. The smallest absolute Gasteiger partial charge is 0.441 e. The van der Waals surface area contributed by atoms with Crippen LogP contribution in [0.1, 0.15) is 22.8 Å². The maximum atomic E-state index is 14.1. The highest BCUT2D eigenvalue weighted by Crippen LogP contribution is 2.35. The lowest BCUT2D eigenvalue weighted by Gasteiger charge is -2.35. The summed E-state index contributed by atoms with van der Waals surface area (Å²) >= 11 is 11.6. The number of halogens is 8. The first kappa shape index (κ1) is 25.6. The van der Waals surface area contributed by atoms with Gasteiger partial charge in [0.05, 0.1) is 22.8 Å². The average Bonchev–Trinajstić information content (AvgIpc) is 2.66. The van der Waals surface area contributed by atoms with Crippen molar-refractivity contribution in [1.29, 1.82) is 0 Å². The summed E-state index contributed by atoms with van der Waals surface area (Å²) in [6.45, 7) is 0.748. The van der Waals surface area contributed by atoms with Crippen molar-refractivity contribution in [2.24, 2.45) is 0 Å². The van der Waals surface area contributed by atoms with Gasteiger partial charge in [-0.25, -0.2) is 4.79 Å². The molecular formula is C19H14Cl2F6N2O3. The number of esters is 1. The number of alkyl halides is 6. The number of hydrogen-bond acceptors (Lipinski definition) is 4. The monoisotopic (exact) mass is 502 g/mol. The van der Waals surface area contributed by atoms with Crippen molar-refractivity contribution in [3.63, 3.8) is 0 Å². The summed E-state index contributed by atoms with van der Waals surface area (Å²) in [4.78, 5) is 25.0. The Kier molecular flexibility index (Phi) is 7.56. The predicted molar refractivity (Wildman–Crippen MR) is 104 cm³/mol. The van der Waals surface area contributed by atoms with Gasteiger partial charge in [0.15, 0.2) is 0 Å². The van der Waals surface area contributed by atoms with Crippen LogP contribution < -0.4 is 10.6 Å². The molecule has 1 unspecified atom stereocenters. The van der Waals surface area contributed by atoms with Gasteiger partial charge in [-0.1, -0.05) is 23.2 Å². The van der Waals surface area contributed by atoms with E-state index in [2.05, 4.69) is 4.74 Å². The molecule has 2 rings (SSSR count). The number of nitrogens with one attached hydrogen (secondary N) is 2. The molecule has 1 amide bonds. The minimum absolute atomic E-state index is 0.0990. The van der Waals surface area contributed by atoms with Crippen LogP contribution in [0.15, 0.2) is 42.5 Å². The molecule has 0 spiro atoms. The maximum absolute atomic E-state index is 14.1. The number of anilines is 1. The second kappa shape index (κ2) is 9.45. The van der Waals surface area contributed by atoms with Gasteiger partial charge in [0.2, 0.25) is 0 Å². The quantitative estimate of drug-likeness (QED) is 0.303. The van der Waals surface area contributed by atoms with Crippen LogP contribution in [0.5, 0.6) is 0 Å². The molecule has 1 atom stereocenters. The molecule has 2 aromatic carbocycles. The van der Waals surface area contributed by atoms with Crippen LogP contribution in [0.3, 0.4) is 0 Å². The van der Waals surface area contributed by atoms with Crippen LogP contribution in [0, 0.1) is 0 Å².